The van der Waals surface area contributed by atoms with Gasteiger partial charge in [-0.25, -0.2) is 0 Å². The second kappa shape index (κ2) is 8.55. The van der Waals surface area contributed by atoms with Gasteiger partial charge in [0, 0.05) is 37.6 Å². The molecule has 0 unspecified atom stereocenters. The number of rotatable bonds is 4. The van der Waals surface area contributed by atoms with E-state index >= 15 is 0 Å². The third-order valence-electron chi connectivity index (χ3n) is 6.38. The predicted molar refractivity (Wildman–Crippen MR) is 120 cm³/mol. The van der Waals surface area contributed by atoms with Crippen molar-refractivity contribution in [1.82, 2.24) is 15.2 Å². The number of piperidine rings is 1. The summed E-state index contributed by atoms with van der Waals surface area (Å²) in [5, 5.41) is 2.98. The smallest absolute Gasteiger partial charge is 0.254 e. The lowest BCUT2D eigenvalue weighted by atomic mass is 9.83. The van der Waals surface area contributed by atoms with Crippen LogP contribution in [0.2, 0.25) is 0 Å². The normalized spacial score (nSPS) is 18.9. The summed E-state index contributed by atoms with van der Waals surface area (Å²) >= 11 is 0. The lowest BCUT2D eigenvalue weighted by molar-refractivity contribution is -0.150. The Bertz CT molecular complexity index is 1110. The van der Waals surface area contributed by atoms with Crippen LogP contribution >= 0.6 is 0 Å². The van der Waals surface area contributed by atoms with Gasteiger partial charge in [0.2, 0.25) is 0 Å². The number of benzene rings is 2. The molecule has 3 heterocycles. The van der Waals surface area contributed by atoms with E-state index in [4.69, 9.17) is 4.74 Å². The maximum atomic E-state index is 13.0. The summed E-state index contributed by atoms with van der Waals surface area (Å²) in [6, 6.07) is 21.1. The molecular weight excluding hydrogens is 402 g/mol. The molecule has 32 heavy (non-hydrogen) atoms. The molecule has 0 bridgehead atoms. The van der Waals surface area contributed by atoms with E-state index in [0.717, 1.165) is 16.7 Å². The first-order chi connectivity index (χ1) is 15.7. The van der Waals surface area contributed by atoms with E-state index in [1.54, 1.807) is 12.4 Å². The lowest BCUT2D eigenvalue weighted by Gasteiger charge is -2.39. The van der Waals surface area contributed by atoms with Crippen molar-refractivity contribution in [2.24, 2.45) is 0 Å². The standard InChI is InChI=1S/C26H25N3O3/c30-24(28-18-19-7-6-14-27-17-19)23-21-10-4-5-11-22(21)26(32-23)12-15-29(16-13-26)25(31)20-8-2-1-3-9-20/h1-11,14,17,23H,12-13,15-16,18H2,(H,28,30)/t23-/m1/s1. The summed E-state index contributed by atoms with van der Waals surface area (Å²) in [7, 11) is 0. The molecule has 2 aliphatic rings. The highest BCUT2D eigenvalue weighted by atomic mass is 16.5. The average molecular weight is 428 g/mol. The molecule has 6 nitrogen and oxygen atoms in total. The maximum Gasteiger partial charge on any atom is 0.254 e. The van der Waals surface area contributed by atoms with E-state index in [1.165, 1.54) is 0 Å². The van der Waals surface area contributed by atoms with Gasteiger partial charge in [0.1, 0.15) is 0 Å². The second-order valence-electron chi connectivity index (χ2n) is 8.32. The Labute approximate surface area is 187 Å². The van der Waals surface area contributed by atoms with Gasteiger partial charge in [-0.1, -0.05) is 48.5 Å². The van der Waals surface area contributed by atoms with Gasteiger partial charge in [-0.3, -0.25) is 14.6 Å². The molecule has 2 amide bonds. The minimum atomic E-state index is -0.653. The van der Waals surface area contributed by atoms with Gasteiger partial charge in [-0.2, -0.15) is 0 Å². The molecule has 1 aromatic heterocycles. The predicted octanol–water partition coefficient (Wildman–Crippen LogP) is 3.60. The third kappa shape index (κ3) is 3.78. The fourth-order valence-corrected chi connectivity index (χ4v) is 4.69. The van der Waals surface area contributed by atoms with Crippen LogP contribution in [0.4, 0.5) is 0 Å². The minimum absolute atomic E-state index is 0.0393. The molecule has 1 N–H and O–H groups in total. The number of nitrogens with one attached hydrogen (secondary N) is 1. The van der Waals surface area contributed by atoms with Crippen LogP contribution in [-0.2, 0) is 21.7 Å². The molecule has 1 fully saturated rings. The molecule has 1 saturated heterocycles. The van der Waals surface area contributed by atoms with Crippen molar-refractivity contribution in [3.8, 4) is 0 Å². The molecule has 0 saturated carbocycles. The minimum Gasteiger partial charge on any atom is -0.352 e. The Morgan fingerprint density at radius 3 is 2.50 bits per heavy atom. The van der Waals surface area contributed by atoms with E-state index in [1.807, 2.05) is 65.6 Å². The van der Waals surface area contributed by atoms with E-state index < -0.39 is 11.7 Å². The van der Waals surface area contributed by atoms with Crippen LogP contribution < -0.4 is 5.32 Å². The van der Waals surface area contributed by atoms with Gasteiger partial charge in [0.25, 0.3) is 11.8 Å². The Balaban J connectivity index is 1.30. The van der Waals surface area contributed by atoms with Crippen molar-refractivity contribution in [3.63, 3.8) is 0 Å². The monoisotopic (exact) mass is 427 g/mol. The topological polar surface area (TPSA) is 71.5 Å². The van der Waals surface area contributed by atoms with Crippen LogP contribution in [0.25, 0.3) is 0 Å². The number of fused-ring (bicyclic) bond motifs is 2. The number of aromatic nitrogens is 1. The van der Waals surface area contributed by atoms with Crippen molar-refractivity contribution in [2.75, 3.05) is 13.1 Å². The number of carbonyl (C=O) groups is 2. The zero-order chi connectivity index (χ0) is 22.0. The van der Waals surface area contributed by atoms with Gasteiger partial charge in [0.15, 0.2) is 6.10 Å². The third-order valence-corrected chi connectivity index (χ3v) is 6.38. The van der Waals surface area contributed by atoms with Gasteiger partial charge in [-0.05, 0) is 47.7 Å². The molecule has 5 rings (SSSR count). The van der Waals surface area contributed by atoms with Crippen molar-refractivity contribution in [2.45, 2.75) is 31.1 Å². The van der Waals surface area contributed by atoms with Crippen LogP contribution in [0.5, 0.6) is 0 Å². The first kappa shape index (κ1) is 20.4. The molecule has 6 heteroatoms. The van der Waals surface area contributed by atoms with Crippen LogP contribution in [0.1, 0.15) is 46.0 Å². The van der Waals surface area contributed by atoms with E-state index in [-0.39, 0.29) is 11.8 Å². The van der Waals surface area contributed by atoms with E-state index in [2.05, 4.69) is 16.4 Å². The van der Waals surface area contributed by atoms with Crippen LogP contribution in [0.3, 0.4) is 0 Å². The summed E-state index contributed by atoms with van der Waals surface area (Å²) < 4.78 is 6.48. The summed E-state index contributed by atoms with van der Waals surface area (Å²) in [5.41, 5.74) is 3.08. The fraction of sp³-hybridized carbons (Fsp3) is 0.269. The first-order valence-electron chi connectivity index (χ1n) is 10.9. The highest BCUT2D eigenvalue weighted by molar-refractivity contribution is 5.94. The van der Waals surface area contributed by atoms with Crippen LogP contribution in [-0.4, -0.2) is 34.8 Å². The number of pyridine rings is 1. The van der Waals surface area contributed by atoms with Crippen LogP contribution in [0, 0.1) is 0 Å². The number of likely N-dealkylation sites (tertiary alicyclic amines) is 1. The molecule has 1 atom stereocenters. The summed E-state index contributed by atoms with van der Waals surface area (Å²) in [4.78, 5) is 31.9. The second-order valence-corrected chi connectivity index (χ2v) is 8.32. The molecular formula is C26H25N3O3. The number of hydrogen-bond donors (Lipinski definition) is 1. The number of nitrogens with zero attached hydrogens (tertiary/aromatic N) is 2. The van der Waals surface area contributed by atoms with Crippen molar-refractivity contribution in [3.05, 3.63) is 101 Å². The maximum absolute atomic E-state index is 13.0. The van der Waals surface area contributed by atoms with Gasteiger partial charge in [-0.15, -0.1) is 0 Å². The molecule has 2 aliphatic heterocycles. The Hall–Kier alpha value is -3.51. The molecule has 1 spiro atoms. The van der Waals surface area contributed by atoms with Crippen molar-refractivity contribution in [1.29, 1.82) is 0 Å². The fourth-order valence-electron chi connectivity index (χ4n) is 4.69. The van der Waals surface area contributed by atoms with E-state index in [0.29, 0.717) is 38.0 Å². The molecule has 2 aromatic carbocycles. The van der Waals surface area contributed by atoms with Gasteiger partial charge < -0.3 is 15.0 Å². The zero-order valence-corrected chi connectivity index (χ0v) is 17.7. The molecule has 0 aliphatic carbocycles. The zero-order valence-electron chi connectivity index (χ0n) is 17.7. The largest absolute Gasteiger partial charge is 0.352 e. The average Bonchev–Trinajstić information content (AvgIpc) is 3.18. The number of amides is 2. The van der Waals surface area contributed by atoms with Crippen molar-refractivity contribution >= 4 is 11.8 Å². The van der Waals surface area contributed by atoms with Crippen molar-refractivity contribution < 1.29 is 14.3 Å². The number of hydrogen-bond acceptors (Lipinski definition) is 4. The molecule has 0 radical (unpaired) electrons. The number of carbonyl (C=O) groups excluding carboxylic acids is 2. The summed E-state index contributed by atoms with van der Waals surface area (Å²) in [6.45, 7) is 1.58. The van der Waals surface area contributed by atoms with Gasteiger partial charge >= 0.3 is 0 Å². The summed E-state index contributed by atoms with van der Waals surface area (Å²) in [6.07, 6.45) is 4.12. The molecule has 162 valence electrons. The Kier molecular flexibility index (Phi) is 5.45. The highest BCUT2D eigenvalue weighted by Gasteiger charge is 2.49. The van der Waals surface area contributed by atoms with Crippen LogP contribution in [0.15, 0.2) is 79.1 Å². The quantitative estimate of drug-likeness (QED) is 0.691. The Morgan fingerprint density at radius 1 is 1.00 bits per heavy atom. The Morgan fingerprint density at radius 2 is 1.75 bits per heavy atom. The number of ether oxygens (including phenoxy) is 1. The highest BCUT2D eigenvalue weighted by Crippen LogP contribution is 2.49. The first-order valence-corrected chi connectivity index (χ1v) is 10.9. The summed E-state index contributed by atoms with van der Waals surface area (Å²) in [5.74, 6) is -0.113. The SMILES string of the molecule is O=C(NCc1cccnc1)[C@@H]1OC2(CCN(C(=O)c3ccccc3)CC2)c2ccccc21. The van der Waals surface area contributed by atoms with Gasteiger partial charge in [0.05, 0.1) is 5.60 Å². The lowest BCUT2D eigenvalue weighted by Crippen LogP contribution is -2.45. The van der Waals surface area contributed by atoms with E-state index in [9.17, 15) is 9.59 Å². The molecule has 3 aromatic rings.